The van der Waals surface area contributed by atoms with Crippen molar-refractivity contribution >= 4 is 107 Å². The van der Waals surface area contributed by atoms with Gasteiger partial charge in [0, 0.05) is 0 Å². The Balaban J connectivity index is 1.22. The molecule has 0 bridgehead atoms. The zero-order valence-corrected chi connectivity index (χ0v) is 36.0. The summed E-state index contributed by atoms with van der Waals surface area (Å²) in [5.74, 6) is 3.78. The van der Waals surface area contributed by atoms with E-state index in [-0.39, 0.29) is 13.4 Å². The van der Waals surface area contributed by atoms with Gasteiger partial charge < -0.3 is 9.47 Å². The third-order valence-electron chi connectivity index (χ3n) is 15.2. The fourth-order valence-corrected chi connectivity index (χ4v) is 17.8. The first-order valence-electron chi connectivity index (χ1n) is 22.5. The fraction of sp³-hybridized carbons (Fsp3) is 0.0169. The van der Waals surface area contributed by atoms with Crippen molar-refractivity contribution in [1.29, 1.82) is 0 Å². The van der Waals surface area contributed by atoms with Crippen molar-refractivity contribution in [3.05, 3.63) is 206 Å². The summed E-state index contributed by atoms with van der Waals surface area (Å²) in [6.45, 7) is 2.36. The Morgan fingerprint density at radius 1 is 0.344 bits per heavy atom. The average Bonchev–Trinajstić information content (AvgIpc) is 3.35. The van der Waals surface area contributed by atoms with E-state index in [1.54, 1.807) is 0 Å². The molecule has 0 fully saturated rings. The third kappa shape index (κ3) is 4.28. The highest BCUT2D eigenvalue weighted by atomic mass is 28.3. The topological polar surface area (TPSA) is 18.5 Å². The maximum Gasteiger partial charge on any atom is 0.252 e. The normalized spacial score (nSPS) is 13.6. The van der Waals surface area contributed by atoms with E-state index in [1.165, 1.54) is 114 Å². The highest BCUT2D eigenvalue weighted by molar-refractivity contribution is 7.21. The van der Waals surface area contributed by atoms with Crippen LogP contribution in [0.15, 0.2) is 200 Å². The minimum Gasteiger partial charge on any atom is -0.458 e. The maximum atomic E-state index is 6.85. The van der Waals surface area contributed by atoms with Crippen LogP contribution >= 0.6 is 0 Å². The summed E-state index contributed by atoms with van der Waals surface area (Å²) in [5.41, 5.74) is 14.1. The van der Waals surface area contributed by atoms with E-state index in [9.17, 15) is 0 Å². The van der Waals surface area contributed by atoms with Gasteiger partial charge in [-0.15, -0.1) is 0 Å². The van der Waals surface area contributed by atoms with Gasteiger partial charge in [0.2, 0.25) is 0 Å². The van der Waals surface area contributed by atoms with Crippen LogP contribution in [-0.2, 0) is 0 Å². The van der Waals surface area contributed by atoms with Crippen LogP contribution in [0.1, 0.15) is 5.56 Å². The lowest BCUT2D eigenvalue weighted by molar-refractivity contribution is 0.487. The van der Waals surface area contributed by atoms with Gasteiger partial charge in [0.25, 0.3) is 13.4 Å². The summed E-state index contributed by atoms with van der Waals surface area (Å²) in [6.07, 6.45) is 0. The molecular weight excluding hydrogens is 790 g/mol. The molecule has 0 amide bonds. The Morgan fingerprint density at radius 2 is 0.766 bits per heavy atom. The second-order valence-electron chi connectivity index (χ2n) is 18.2. The summed E-state index contributed by atoms with van der Waals surface area (Å²) in [6, 6.07) is 75.6. The third-order valence-corrected chi connectivity index (χ3v) is 20.0. The Kier molecular flexibility index (Phi) is 6.84. The van der Waals surface area contributed by atoms with Crippen molar-refractivity contribution in [3.63, 3.8) is 0 Å². The smallest absolute Gasteiger partial charge is 0.252 e. The fourth-order valence-electron chi connectivity index (χ4n) is 12.8. The van der Waals surface area contributed by atoms with E-state index < -0.39 is 8.07 Å². The first-order valence-corrected chi connectivity index (χ1v) is 24.5. The van der Waals surface area contributed by atoms with Crippen LogP contribution in [0, 0.1) is 6.92 Å². The number of rotatable bonds is 4. The maximum absolute atomic E-state index is 6.85. The molecule has 0 saturated carbocycles. The van der Waals surface area contributed by atoms with Crippen LogP contribution in [0.4, 0.5) is 0 Å². The van der Waals surface area contributed by atoms with Gasteiger partial charge in [0.05, 0.1) is 0 Å². The predicted molar refractivity (Wildman–Crippen MR) is 272 cm³/mol. The lowest BCUT2D eigenvalue weighted by atomic mass is 9.32. The molecule has 64 heavy (non-hydrogen) atoms. The predicted octanol–water partition coefficient (Wildman–Crippen LogP) is 7.47. The highest BCUT2D eigenvalue weighted by Crippen LogP contribution is 2.47. The van der Waals surface area contributed by atoms with Crippen LogP contribution < -0.4 is 63.0 Å². The minimum atomic E-state index is -3.11. The van der Waals surface area contributed by atoms with E-state index in [1.807, 2.05) is 0 Å². The SMILES string of the molecule is Cc1cc2c3c(cc4c([Si](c5ccccc5)(c5ccccc5)c5ccccc5)cc5c6c(cc1c3c46)B1c3ccccc3Oc3cccc-5c31)B1c3ccccc3Oc3cccc-2c31. The van der Waals surface area contributed by atoms with Gasteiger partial charge in [0.15, 0.2) is 8.07 Å². The van der Waals surface area contributed by atoms with Gasteiger partial charge in [-0.05, 0) is 134 Å². The van der Waals surface area contributed by atoms with E-state index in [2.05, 4.69) is 207 Å². The second kappa shape index (κ2) is 12.5. The van der Waals surface area contributed by atoms with Gasteiger partial charge in [-0.3, -0.25) is 0 Å². The number of hydrogen-bond donors (Lipinski definition) is 0. The van der Waals surface area contributed by atoms with Crippen LogP contribution in [0.25, 0.3) is 54.6 Å². The summed E-state index contributed by atoms with van der Waals surface area (Å²) >= 11 is 0. The Hall–Kier alpha value is -7.59. The molecule has 0 N–H and O–H groups in total. The first kappa shape index (κ1) is 34.9. The number of benzene rings is 11. The summed E-state index contributed by atoms with van der Waals surface area (Å²) in [7, 11) is -3.11. The molecule has 0 aliphatic carbocycles. The number of ether oxygens (including phenoxy) is 2. The molecule has 15 rings (SSSR count). The van der Waals surface area contributed by atoms with Crippen molar-refractivity contribution in [1.82, 2.24) is 0 Å². The van der Waals surface area contributed by atoms with Crippen LogP contribution in [0.2, 0.25) is 0 Å². The molecule has 5 heteroatoms. The first-order chi connectivity index (χ1) is 31.7. The van der Waals surface area contributed by atoms with Crippen molar-refractivity contribution in [3.8, 4) is 45.3 Å². The molecule has 0 saturated heterocycles. The van der Waals surface area contributed by atoms with Crippen LogP contribution in [0.3, 0.4) is 0 Å². The number of hydrogen-bond acceptors (Lipinski definition) is 2. The van der Waals surface area contributed by atoms with Gasteiger partial charge >= 0.3 is 0 Å². The lowest BCUT2D eigenvalue weighted by Crippen LogP contribution is -2.75. The second-order valence-corrected chi connectivity index (χ2v) is 21.9. The monoisotopic (exact) mass is 826 g/mol. The van der Waals surface area contributed by atoms with Gasteiger partial charge in [-0.2, -0.15) is 0 Å². The van der Waals surface area contributed by atoms with Crippen molar-refractivity contribution in [2.75, 3.05) is 0 Å². The molecule has 4 heterocycles. The molecule has 2 nitrogen and oxygen atoms in total. The average molecular weight is 827 g/mol. The molecule has 294 valence electrons. The highest BCUT2D eigenvalue weighted by Gasteiger charge is 2.47. The number of fused-ring (bicyclic) bond motifs is 8. The molecule has 4 aliphatic rings. The van der Waals surface area contributed by atoms with Gasteiger partial charge in [-0.25, -0.2) is 0 Å². The van der Waals surface area contributed by atoms with E-state index in [0.717, 1.165) is 23.0 Å². The summed E-state index contributed by atoms with van der Waals surface area (Å²) in [5, 5.41) is 13.7. The molecule has 0 radical (unpaired) electrons. The Bertz CT molecular complexity index is 3720. The van der Waals surface area contributed by atoms with Gasteiger partial charge in [0.1, 0.15) is 23.0 Å². The minimum absolute atomic E-state index is 0.00441. The largest absolute Gasteiger partial charge is 0.458 e. The molecule has 0 aromatic heterocycles. The zero-order valence-electron chi connectivity index (χ0n) is 35.0. The molecule has 4 aliphatic heterocycles. The van der Waals surface area contributed by atoms with Gasteiger partial charge in [-0.1, -0.05) is 187 Å². The molecule has 11 aromatic carbocycles. The van der Waals surface area contributed by atoms with Crippen molar-refractivity contribution in [2.45, 2.75) is 6.92 Å². The zero-order chi connectivity index (χ0) is 41.8. The van der Waals surface area contributed by atoms with Crippen LogP contribution in [-0.4, -0.2) is 21.5 Å². The molecular formula is C59H36B2O2Si. The van der Waals surface area contributed by atoms with Crippen LogP contribution in [0.5, 0.6) is 23.0 Å². The standard InChI is InChI=1S/C59H36B2O2Si/c1-35-31-42-39-23-15-29-51-58(39)61(46-26-12-14-28-50(46)62-51)48-33-44-53(64(36-17-5-2-6-18-36,37-19-7-3-8-20-37)38-21-9-4-10-22-38)34-43-40-24-16-30-52-59(40)60(45-25-11-13-27-49(45)63-52)47-32-41(35)56(54(42)48)57(44)55(43)47/h2-34H,1H3. The molecule has 0 unspecified atom stereocenters. The Labute approximate surface area is 372 Å². The summed E-state index contributed by atoms with van der Waals surface area (Å²) < 4.78 is 13.6. The molecule has 0 atom stereocenters. The van der Waals surface area contributed by atoms with E-state index in [0.29, 0.717) is 0 Å². The van der Waals surface area contributed by atoms with Crippen molar-refractivity contribution in [2.24, 2.45) is 0 Å². The van der Waals surface area contributed by atoms with E-state index in [4.69, 9.17) is 9.47 Å². The quantitative estimate of drug-likeness (QED) is 0.104. The van der Waals surface area contributed by atoms with Crippen molar-refractivity contribution < 1.29 is 9.47 Å². The lowest BCUT2D eigenvalue weighted by Gasteiger charge is -2.40. The summed E-state index contributed by atoms with van der Waals surface area (Å²) in [4.78, 5) is 0. The Morgan fingerprint density at radius 3 is 1.28 bits per heavy atom. The van der Waals surface area contributed by atoms with E-state index >= 15 is 0 Å². The molecule has 0 spiro atoms. The number of aryl methyl sites for hydroxylation is 1. The number of para-hydroxylation sites is 2. The molecule has 11 aromatic rings.